The highest BCUT2D eigenvalue weighted by Crippen LogP contribution is 2.30. The van der Waals surface area contributed by atoms with E-state index in [2.05, 4.69) is 20.8 Å². The minimum atomic E-state index is -0.196. The van der Waals surface area contributed by atoms with Crippen molar-refractivity contribution in [1.29, 1.82) is 0 Å². The minimum Gasteiger partial charge on any atom is -0.341 e. The number of hydrogen-bond acceptors (Lipinski definition) is 3. The van der Waals surface area contributed by atoms with Gasteiger partial charge in [-0.15, -0.1) is 0 Å². The molecule has 0 atom stereocenters. The van der Waals surface area contributed by atoms with Crippen molar-refractivity contribution in [2.45, 2.75) is 12.8 Å². The van der Waals surface area contributed by atoms with E-state index in [1.54, 1.807) is 30.3 Å². The van der Waals surface area contributed by atoms with E-state index in [9.17, 15) is 9.59 Å². The van der Waals surface area contributed by atoms with Crippen LogP contribution in [0.15, 0.2) is 54.7 Å². The summed E-state index contributed by atoms with van der Waals surface area (Å²) in [6.45, 7) is 0.666. The molecule has 1 aliphatic rings. The molecule has 3 N–H and O–H groups in total. The van der Waals surface area contributed by atoms with Crippen molar-refractivity contribution >= 4 is 23.3 Å². The highest BCUT2D eigenvalue weighted by atomic mass is 16.2. The lowest BCUT2D eigenvalue weighted by Crippen LogP contribution is -2.41. The number of aryl methyl sites for hydroxylation is 1. The maximum Gasteiger partial charge on any atom is 0.321 e. The molecule has 2 aromatic carbocycles. The Labute approximate surface area is 162 Å². The fraction of sp³-hybridized carbons (Fsp3) is 0.190. The molecule has 0 saturated heterocycles. The number of aromatic amines is 1. The molecular formula is C21H21N5O2. The van der Waals surface area contributed by atoms with E-state index in [0.717, 1.165) is 35.3 Å². The molecule has 2 heterocycles. The second-order valence-corrected chi connectivity index (χ2v) is 6.66. The normalized spacial score (nSPS) is 13.0. The molecule has 3 amide bonds. The topological polar surface area (TPSA) is 90.1 Å². The summed E-state index contributed by atoms with van der Waals surface area (Å²) >= 11 is 0. The molecule has 1 aromatic heterocycles. The number of fused-ring (bicyclic) bond motifs is 1. The summed E-state index contributed by atoms with van der Waals surface area (Å²) in [7, 11) is 1.62. The predicted molar refractivity (Wildman–Crippen MR) is 109 cm³/mol. The third-order valence-electron chi connectivity index (χ3n) is 4.88. The molecule has 0 unspecified atom stereocenters. The zero-order valence-corrected chi connectivity index (χ0v) is 15.5. The third kappa shape index (κ3) is 3.46. The van der Waals surface area contributed by atoms with Crippen LogP contribution in [0.3, 0.4) is 0 Å². The Morgan fingerprint density at radius 2 is 1.93 bits per heavy atom. The van der Waals surface area contributed by atoms with Gasteiger partial charge in [-0.25, -0.2) is 4.79 Å². The SMILES string of the molecule is CNC(=O)N1CCCc2ccc(NC(=O)c3ccc(-c4ccn[nH]4)cc3)cc21. The first-order valence-electron chi connectivity index (χ1n) is 9.19. The molecule has 0 fully saturated rings. The molecular weight excluding hydrogens is 354 g/mol. The lowest BCUT2D eigenvalue weighted by molar-refractivity contribution is 0.102. The first-order chi connectivity index (χ1) is 13.7. The van der Waals surface area contributed by atoms with E-state index in [-0.39, 0.29) is 11.9 Å². The number of benzene rings is 2. The van der Waals surface area contributed by atoms with Crippen LogP contribution in [0.5, 0.6) is 0 Å². The van der Waals surface area contributed by atoms with Crippen molar-refractivity contribution in [3.63, 3.8) is 0 Å². The van der Waals surface area contributed by atoms with Gasteiger partial charge in [0.25, 0.3) is 5.91 Å². The lowest BCUT2D eigenvalue weighted by Gasteiger charge is -2.29. The first-order valence-corrected chi connectivity index (χ1v) is 9.19. The van der Waals surface area contributed by atoms with Crippen LogP contribution in [-0.4, -0.2) is 35.7 Å². The molecule has 3 aromatic rings. The summed E-state index contributed by atoms with van der Waals surface area (Å²) in [5.74, 6) is -0.196. The zero-order valence-electron chi connectivity index (χ0n) is 15.5. The quantitative estimate of drug-likeness (QED) is 0.655. The van der Waals surface area contributed by atoms with E-state index in [1.165, 1.54) is 0 Å². The Hall–Kier alpha value is -3.61. The van der Waals surface area contributed by atoms with E-state index in [0.29, 0.717) is 17.8 Å². The molecule has 142 valence electrons. The van der Waals surface area contributed by atoms with Crippen LogP contribution < -0.4 is 15.5 Å². The summed E-state index contributed by atoms with van der Waals surface area (Å²) < 4.78 is 0. The van der Waals surface area contributed by atoms with Crippen LogP contribution in [0.4, 0.5) is 16.2 Å². The smallest absolute Gasteiger partial charge is 0.321 e. The molecule has 4 rings (SSSR count). The van der Waals surface area contributed by atoms with Crippen LogP contribution in [0.25, 0.3) is 11.3 Å². The molecule has 0 radical (unpaired) electrons. The standard InChI is InChI=1S/C21H21N5O2/c1-22-21(28)26-12-2-3-15-8-9-17(13-19(15)26)24-20(27)16-6-4-14(5-7-16)18-10-11-23-25-18/h4-11,13H,2-3,12H2,1H3,(H,22,28)(H,23,25)(H,24,27). The van der Waals surface area contributed by atoms with E-state index < -0.39 is 0 Å². The van der Waals surface area contributed by atoms with Crippen LogP contribution in [0.1, 0.15) is 22.3 Å². The van der Waals surface area contributed by atoms with Gasteiger partial charge < -0.3 is 10.6 Å². The lowest BCUT2D eigenvalue weighted by atomic mass is 10.0. The highest BCUT2D eigenvalue weighted by molar-refractivity contribution is 6.05. The predicted octanol–water partition coefficient (Wildman–Crippen LogP) is 3.42. The second-order valence-electron chi connectivity index (χ2n) is 6.66. The fourth-order valence-corrected chi connectivity index (χ4v) is 3.42. The molecule has 1 aliphatic heterocycles. The average molecular weight is 375 g/mol. The number of hydrogen-bond donors (Lipinski definition) is 3. The highest BCUT2D eigenvalue weighted by Gasteiger charge is 2.22. The number of amides is 3. The minimum absolute atomic E-state index is 0.140. The summed E-state index contributed by atoms with van der Waals surface area (Å²) in [5.41, 5.74) is 5.04. The van der Waals surface area contributed by atoms with Gasteiger partial charge in [-0.2, -0.15) is 5.10 Å². The van der Waals surface area contributed by atoms with Gasteiger partial charge in [0.15, 0.2) is 0 Å². The molecule has 0 bridgehead atoms. The molecule has 0 saturated carbocycles. The summed E-state index contributed by atoms with van der Waals surface area (Å²) in [6.07, 6.45) is 3.54. The van der Waals surface area contributed by atoms with Gasteiger partial charge >= 0.3 is 6.03 Å². The van der Waals surface area contributed by atoms with Gasteiger partial charge in [0.2, 0.25) is 0 Å². The Morgan fingerprint density at radius 1 is 1.11 bits per heavy atom. The number of carbonyl (C=O) groups is 2. The van der Waals surface area contributed by atoms with Crippen LogP contribution in [0, 0.1) is 0 Å². The van der Waals surface area contributed by atoms with Gasteiger partial charge in [0.1, 0.15) is 0 Å². The van der Waals surface area contributed by atoms with Crippen molar-refractivity contribution in [2.24, 2.45) is 0 Å². The Kier molecular flexibility index (Phi) is 4.80. The molecule has 7 nitrogen and oxygen atoms in total. The van der Waals surface area contributed by atoms with E-state index >= 15 is 0 Å². The van der Waals surface area contributed by atoms with E-state index in [1.807, 2.05) is 36.4 Å². The monoisotopic (exact) mass is 375 g/mol. The van der Waals surface area contributed by atoms with Gasteiger partial charge in [-0.05, 0) is 54.3 Å². The van der Waals surface area contributed by atoms with Crippen molar-refractivity contribution in [1.82, 2.24) is 15.5 Å². The van der Waals surface area contributed by atoms with Gasteiger partial charge in [-0.1, -0.05) is 18.2 Å². The Bertz CT molecular complexity index is 996. The fourth-order valence-electron chi connectivity index (χ4n) is 3.42. The van der Waals surface area contributed by atoms with Gasteiger partial charge in [0.05, 0.1) is 11.4 Å². The van der Waals surface area contributed by atoms with Crippen molar-refractivity contribution in [3.05, 3.63) is 65.9 Å². The Balaban J connectivity index is 1.53. The molecule has 7 heteroatoms. The maximum atomic E-state index is 12.6. The van der Waals surface area contributed by atoms with Crippen molar-refractivity contribution in [2.75, 3.05) is 23.8 Å². The molecule has 0 aliphatic carbocycles. The maximum absolute atomic E-state index is 12.6. The molecule has 0 spiro atoms. The average Bonchev–Trinajstić information content (AvgIpc) is 3.27. The largest absolute Gasteiger partial charge is 0.341 e. The number of aromatic nitrogens is 2. The summed E-state index contributed by atoms with van der Waals surface area (Å²) in [6, 6.07) is 14.8. The van der Waals surface area contributed by atoms with Crippen LogP contribution >= 0.6 is 0 Å². The number of urea groups is 1. The van der Waals surface area contributed by atoms with Crippen molar-refractivity contribution < 1.29 is 9.59 Å². The first kappa shape index (κ1) is 17.8. The third-order valence-corrected chi connectivity index (χ3v) is 4.88. The van der Waals surface area contributed by atoms with Gasteiger partial charge in [0, 0.05) is 31.0 Å². The van der Waals surface area contributed by atoms with Crippen LogP contribution in [0.2, 0.25) is 0 Å². The zero-order chi connectivity index (χ0) is 19.5. The summed E-state index contributed by atoms with van der Waals surface area (Å²) in [5, 5.41) is 12.4. The number of carbonyl (C=O) groups excluding carboxylic acids is 2. The molecule has 28 heavy (non-hydrogen) atoms. The van der Waals surface area contributed by atoms with Crippen LogP contribution in [-0.2, 0) is 6.42 Å². The van der Waals surface area contributed by atoms with Gasteiger partial charge in [-0.3, -0.25) is 14.8 Å². The summed E-state index contributed by atoms with van der Waals surface area (Å²) in [4.78, 5) is 26.5. The number of rotatable bonds is 3. The van der Waals surface area contributed by atoms with Crippen molar-refractivity contribution in [3.8, 4) is 11.3 Å². The second kappa shape index (κ2) is 7.56. The van der Waals surface area contributed by atoms with E-state index in [4.69, 9.17) is 0 Å². The Morgan fingerprint density at radius 3 is 2.64 bits per heavy atom. The number of anilines is 2. The number of H-pyrrole nitrogens is 1. The number of nitrogens with zero attached hydrogens (tertiary/aromatic N) is 2. The number of nitrogens with one attached hydrogen (secondary N) is 3.